The van der Waals surface area contributed by atoms with Gasteiger partial charge >= 0.3 is 6.03 Å². The fourth-order valence-electron chi connectivity index (χ4n) is 4.25. The van der Waals surface area contributed by atoms with Gasteiger partial charge in [0.25, 0.3) is 5.91 Å². The number of likely N-dealkylation sites (tertiary alicyclic amines) is 1. The quantitative estimate of drug-likeness (QED) is 0.841. The summed E-state index contributed by atoms with van der Waals surface area (Å²) in [7, 11) is 3.48. The molecule has 1 fully saturated rings. The van der Waals surface area contributed by atoms with Crippen LogP contribution in [-0.2, 0) is 28.1 Å². The summed E-state index contributed by atoms with van der Waals surface area (Å²) in [4.78, 5) is 33.2. The molecule has 160 valence electrons. The van der Waals surface area contributed by atoms with Crippen LogP contribution < -0.4 is 5.32 Å². The fourth-order valence-corrected chi connectivity index (χ4v) is 4.25. The minimum absolute atomic E-state index is 0.0515. The van der Waals surface area contributed by atoms with Crippen LogP contribution in [0.4, 0.5) is 10.5 Å². The Balaban J connectivity index is 1.44. The molecule has 2 aliphatic heterocycles. The number of hydrogen-bond acceptors (Lipinski definition) is 4. The van der Waals surface area contributed by atoms with E-state index in [1.807, 2.05) is 35.0 Å². The number of aryl methyl sites for hydroxylation is 1. The molecule has 1 aromatic heterocycles. The maximum absolute atomic E-state index is 12.7. The van der Waals surface area contributed by atoms with Gasteiger partial charge in [-0.3, -0.25) is 4.79 Å². The van der Waals surface area contributed by atoms with E-state index in [9.17, 15) is 9.59 Å². The van der Waals surface area contributed by atoms with Crippen molar-refractivity contribution in [2.24, 2.45) is 0 Å². The molecule has 1 atom stereocenters. The highest BCUT2D eigenvalue weighted by Crippen LogP contribution is 2.40. The van der Waals surface area contributed by atoms with Crippen molar-refractivity contribution < 1.29 is 14.3 Å². The number of piperidine rings is 1. The molecule has 0 radical (unpaired) electrons. The molecular weight excluding hydrogens is 382 g/mol. The number of likely N-dealkylation sites (N-methyl/N-ethyl adjacent to an activating group) is 1. The average molecular weight is 412 g/mol. The number of imidazole rings is 1. The Morgan fingerprint density at radius 3 is 2.57 bits per heavy atom. The van der Waals surface area contributed by atoms with Gasteiger partial charge in [0.2, 0.25) is 0 Å². The van der Waals surface area contributed by atoms with E-state index in [2.05, 4.69) is 17.2 Å². The van der Waals surface area contributed by atoms with E-state index in [1.165, 1.54) is 5.56 Å². The summed E-state index contributed by atoms with van der Waals surface area (Å²) in [6.45, 7) is 3.64. The van der Waals surface area contributed by atoms with Crippen molar-refractivity contribution in [1.82, 2.24) is 19.4 Å². The number of nitrogens with one attached hydrogen (secondary N) is 1. The van der Waals surface area contributed by atoms with E-state index in [0.29, 0.717) is 32.5 Å². The molecule has 8 heteroatoms. The molecule has 0 aliphatic carbocycles. The maximum Gasteiger partial charge on any atom is 0.321 e. The summed E-state index contributed by atoms with van der Waals surface area (Å²) >= 11 is 0. The number of amides is 3. The number of fused-ring (bicyclic) bond motifs is 2. The van der Waals surface area contributed by atoms with Crippen molar-refractivity contribution in [2.75, 3.05) is 32.5 Å². The van der Waals surface area contributed by atoms with Gasteiger partial charge in [0.05, 0.1) is 6.54 Å². The Bertz CT molecular complexity index is 913. The molecule has 4 rings (SSSR count). The van der Waals surface area contributed by atoms with Crippen molar-refractivity contribution in [3.63, 3.8) is 0 Å². The van der Waals surface area contributed by atoms with Crippen LogP contribution in [0.1, 0.15) is 31.2 Å². The molecule has 0 saturated carbocycles. The summed E-state index contributed by atoms with van der Waals surface area (Å²) in [5.74, 6) is 0.796. The Labute approximate surface area is 176 Å². The Hall–Kier alpha value is -2.87. The monoisotopic (exact) mass is 411 g/mol. The van der Waals surface area contributed by atoms with Crippen LogP contribution in [0.25, 0.3) is 0 Å². The first kappa shape index (κ1) is 20.4. The van der Waals surface area contributed by atoms with Gasteiger partial charge in [-0.05, 0) is 24.1 Å². The van der Waals surface area contributed by atoms with Crippen molar-refractivity contribution in [2.45, 2.75) is 44.4 Å². The third-order valence-corrected chi connectivity index (χ3v) is 6.04. The minimum atomic E-state index is -0.641. The zero-order valence-corrected chi connectivity index (χ0v) is 17.8. The molecule has 2 aromatic rings. The molecule has 3 amide bonds. The Morgan fingerprint density at radius 1 is 1.23 bits per heavy atom. The molecule has 3 heterocycles. The van der Waals surface area contributed by atoms with E-state index < -0.39 is 11.7 Å². The number of nitrogens with zero attached hydrogens (tertiary/aromatic N) is 4. The summed E-state index contributed by atoms with van der Waals surface area (Å²) < 4.78 is 8.38. The zero-order chi connectivity index (χ0) is 21.3. The van der Waals surface area contributed by atoms with Crippen molar-refractivity contribution in [3.05, 3.63) is 48.0 Å². The summed E-state index contributed by atoms with van der Waals surface area (Å²) in [5, 5.41) is 2.97. The third kappa shape index (κ3) is 3.79. The molecule has 30 heavy (non-hydrogen) atoms. The van der Waals surface area contributed by atoms with Crippen LogP contribution >= 0.6 is 0 Å². The molecule has 0 bridgehead atoms. The van der Waals surface area contributed by atoms with E-state index in [1.54, 1.807) is 30.1 Å². The number of carbonyl (C=O) groups is 2. The Morgan fingerprint density at radius 2 is 1.93 bits per heavy atom. The molecule has 1 spiro atoms. The summed E-state index contributed by atoms with van der Waals surface area (Å²) in [6.07, 6.45) is 5.28. The van der Waals surface area contributed by atoms with Crippen LogP contribution in [0.2, 0.25) is 0 Å². The lowest BCUT2D eigenvalue weighted by Crippen LogP contribution is -2.55. The molecule has 0 unspecified atom stereocenters. The molecular formula is C22H29N5O3. The third-order valence-electron chi connectivity index (χ3n) is 6.04. The number of benzene rings is 1. The van der Waals surface area contributed by atoms with Gasteiger partial charge in [-0.2, -0.15) is 0 Å². The first-order valence-corrected chi connectivity index (χ1v) is 10.5. The molecule has 8 nitrogen and oxygen atoms in total. The molecule has 1 N–H and O–H groups in total. The first-order valence-electron chi connectivity index (χ1n) is 10.5. The van der Waals surface area contributed by atoms with E-state index in [0.717, 1.165) is 17.9 Å². The molecule has 1 aromatic carbocycles. The number of ether oxygens (including phenoxy) is 1. The van der Waals surface area contributed by atoms with Crippen LogP contribution in [0.3, 0.4) is 0 Å². The SMILES string of the molecule is CCc1ccc(NC(=O)N2CCC3(CC2)O[C@H](C(=O)N(C)C)Cn2ccnc23)cc1. The van der Waals surface area contributed by atoms with Crippen LogP contribution in [0, 0.1) is 0 Å². The van der Waals surface area contributed by atoms with E-state index >= 15 is 0 Å². The molecule has 2 aliphatic rings. The lowest BCUT2D eigenvalue weighted by atomic mass is 9.88. The fraction of sp³-hybridized carbons (Fsp3) is 0.500. The van der Waals surface area contributed by atoms with Gasteiger partial charge in [0, 0.05) is 58.1 Å². The van der Waals surface area contributed by atoms with Gasteiger partial charge < -0.3 is 24.4 Å². The van der Waals surface area contributed by atoms with Crippen LogP contribution in [0.5, 0.6) is 0 Å². The standard InChI is InChI=1S/C22H29N5O3/c1-4-16-5-7-17(8-6-16)24-21(29)26-12-9-22(10-13-26)20-23-11-14-27(20)15-18(30-22)19(28)25(2)3/h5-8,11,14,18H,4,9-10,12-13,15H2,1-3H3,(H,24,29)/t18-/m0/s1. The normalized spacial score (nSPS) is 20.0. The number of carbonyl (C=O) groups excluding carboxylic acids is 2. The topological polar surface area (TPSA) is 79.7 Å². The first-order chi connectivity index (χ1) is 14.4. The highest BCUT2D eigenvalue weighted by atomic mass is 16.5. The molecule has 1 saturated heterocycles. The zero-order valence-electron chi connectivity index (χ0n) is 17.8. The van der Waals surface area contributed by atoms with Gasteiger partial charge in [0.1, 0.15) is 11.4 Å². The van der Waals surface area contributed by atoms with Gasteiger partial charge in [0.15, 0.2) is 6.10 Å². The van der Waals surface area contributed by atoms with Crippen molar-refractivity contribution in [1.29, 1.82) is 0 Å². The smallest absolute Gasteiger partial charge is 0.321 e. The second-order valence-corrected chi connectivity index (χ2v) is 8.20. The predicted molar refractivity (Wildman–Crippen MR) is 113 cm³/mol. The number of aromatic nitrogens is 2. The second kappa shape index (κ2) is 8.10. The minimum Gasteiger partial charge on any atom is -0.352 e. The van der Waals surface area contributed by atoms with Crippen molar-refractivity contribution >= 4 is 17.6 Å². The van der Waals surface area contributed by atoms with Crippen LogP contribution in [0.15, 0.2) is 36.7 Å². The number of hydrogen-bond donors (Lipinski definition) is 1. The highest BCUT2D eigenvalue weighted by Gasteiger charge is 2.47. The summed E-state index contributed by atoms with van der Waals surface area (Å²) in [5.41, 5.74) is 1.38. The van der Waals surface area contributed by atoms with Gasteiger partial charge in [-0.1, -0.05) is 19.1 Å². The van der Waals surface area contributed by atoms with Crippen molar-refractivity contribution in [3.8, 4) is 0 Å². The summed E-state index contributed by atoms with van der Waals surface area (Å²) in [6, 6.07) is 7.80. The number of anilines is 1. The number of rotatable bonds is 3. The average Bonchev–Trinajstić information content (AvgIpc) is 3.24. The van der Waals surface area contributed by atoms with Crippen LogP contribution in [-0.4, -0.2) is 64.6 Å². The highest BCUT2D eigenvalue weighted by molar-refractivity contribution is 5.89. The lowest BCUT2D eigenvalue weighted by molar-refractivity contribution is -0.177. The van der Waals surface area contributed by atoms with E-state index in [4.69, 9.17) is 4.74 Å². The predicted octanol–water partition coefficient (Wildman–Crippen LogP) is 2.46. The largest absolute Gasteiger partial charge is 0.352 e. The second-order valence-electron chi connectivity index (χ2n) is 8.20. The number of urea groups is 1. The lowest BCUT2D eigenvalue weighted by Gasteiger charge is -2.45. The maximum atomic E-state index is 12.7. The van der Waals surface area contributed by atoms with E-state index in [-0.39, 0.29) is 11.9 Å². The Kier molecular flexibility index (Phi) is 5.51. The van der Waals surface area contributed by atoms with Gasteiger partial charge in [-0.25, -0.2) is 9.78 Å². The van der Waals surface area contributed by atoms with Gasteiger partial charge in [-0.15, -0.1) is 0 Å².